The monoisotopic (exact) mass is 480 g/mol. The van der Waals surface area contributed by atoms with E-state index in [-0.39, 0.29) is 11.6 Å². The molecule has 0 aliphatic heterocycles. The maximum Gasteiger partial charge on any atom is 0.323 e. The number of ether oxygens (including phenoxy) is 2. The Balaban J connectivity index is 1.28. The third-order valence-electron chi connectivity index (χ3n) is 5.22. The average molecular weight is 481 g/mol. The van der Waals surface area contributed by atoms with Gasteiger partial charge in [-0.25, -0.2) is 4.79 Å². The van der Waals surface area contributed by atoms with Gasteiger partial charge in [-0.15, -0.1) is 0 Å². The third kappa shape index (κ3) is 6.57. The average Bonchev–Trinajstić information content (AvgIpc) is 2.87. The van der Waals surface area contributed by atoms with E-state index in [1.165, 1.54) is 13.8 Å². The summed E-state index contributed by atoms with van der Waals surface area (Å²) in [4.78, 5) is 35.1. The molecule has 0 aliphatic carbocycles. The standard InChI is InChI=1S/C29H24N2O5/c1-19(32)21-3-11-25(12-4-21)35-27-15-7-23(8-16-27)30-29(34)31-24-9-17-28(18-10-24)36-26-13-5-22(6-14-26)20(2)33/h3-18H,1-2H3,(H2,30,31,34). The molecule has 4 aromatic carbocycles. The second kappa shape index (κ2) is 11.0. The Hall–Kier alpha value is -4.91. The highest BCUT2D eigenvalue weighted by atomic mass is 16.5. The van der Waals surface area contributed by atoms with Gasteiger partial charge in [-0.05, 0) is 111 Å². The number of anilines is 2. The minimum absolute atomic E-state index is 0.00293. The lowest BCUT2D eigenvalue weighted by Gasteiger charge is -2.10. The molecular formula is C29H24N2O5. The summed E-state index contributed by atoms with van der Waals surface area (Å²) in [7, 11) is 0. The first-order valence-electron chi connectivity index (χ1n) is 11.2. The molecule has 0 aromatic heterocycles. The van der Waals surface area contributed by atoms with Crippen molar-refractivity contribution >= 4 is 29.0 Å². The van der Waals surface area contributed by atoms with Crippen molar-refractivity contribution in [2.24, 2.45) is 0 Å². The van der Waals surface area contributed by atoms with Crippen LogP contribution in [0, 0.1) is 0 Å². The molecule has 0 atom stereocenters. The van der Waals surface area contributed by atoms with Crippen molar-refractivity contribution in [1.82, 2.24) is 0 Å². The van der Waals surface area contributed by atoms with Crippen LogP contribution in [0.4, 0.5) is 16.2 Å². The number of amides is 2. The second-order valence-corrected chi connectivity index (χ2v) is 7.99. The Bertz CT molecular complexity index is 1250. The summed E-state index contributed by atoms with van der Waals surface area (Å²) >= 11 is 0. The number of ketones is 2. The second-order valence-electron chi connectivity index (χ2n) is 7.99. The summed E-state index contributed by atoms with van der Waals surface area (Å²) in [5, 5.41) is 5.54. The van der Waals surface area contributed by atoms with Crippen molar-refractivity contribution in [1.29, 1.82) is 0 Å². The van der Waals surface area contributed by atoms with E-state index in [9.17, 15) is 14.4 Å². The van der Waals surface area contributed by atoms with Crippen LogP contribution in [0.2, 0.25) is 0 Å². The van der Waals surface area contributed by atoms with Gasteiger partial charge in [0.25, 0.3) is 0 Å². The van der Waals surface area contributed by atoms with E-state index in [0.717, 1.165) is 0 Å². The normalized spacial score (nSPS) is 10.3. The molecule has 4 rings (SSSR count). The molecule has 0 heterocycles. The molecule has 180 valence electrons. The van der Waals surface area contributed by atoms with Crippen LogP contribution in [0.3, 0.4) is 0 Å². The van der Waals surface area contributed by atoms with Crippen LogP contribution in [0.1, 0.15) is 34.6 Å². The Morgan fingerprint density at radius 2 is 0.750 bits per heavy atom. The molecule has 0 bridgehead atoms. The van der Waals surface area contributed by atoms with E-state index in [2.05, 4.69) is 10.6 Å². The fourth-order valence-electron chi connectivity index (χ4n) is 3.29. The van der Waals surface area contributed by atoms with Gasteiger partial charge in [-0.2, -0.15) is 0 Å². The first-order valence-corrected chi connectivity index (χ1v) is 11.2. The molecule has 7 nitrogen and oxygen atoms in total. The summed E-state index contributed by atoms with van der Waals surface area (Å²) in [5.41, 5.74) is 2.44. The van der Waals surface area contributed by atoms with Gasteiger partial charge in [0, 0.05) is 22.5 Å². The number of nitrogens with one attached hydrogen (secondary N) is 2. The zero-order valence-electron chi connectivity index (χ0n) is 19.8. The minimum Gasteiger partial charge on any atom is -0.457 e. The summed E-state index contributed by atoms with van der Waals surface area (Å²) in [6.45, 7) is 3.03. The largest absolute Gasteiger partial charge is 0.457 e. The summed E-state index contributed by atoms with van der Waals surface area (Å²) < 4.78 is 11.5. The zero-order chi connectivity index (χ0) is 25.5. The number of hydrogen-bond donors (Lipinski definition) is 2. The van der Waals surface area contributed by atoms with Crippen molar-refractivity contribution in [3.05, 3.63) is 108 Å². The highest BCUT2D eigenvalue weighted by molar-refractivity contribution is 5.99. The lowest BCUT2D eigenvalue weighted by Crippen LogP contribution is -2.19. The van der Waals surface area contributed by atoms with Gasteiger partial charge in [0.1, 0.15) is 23.0 Å². The smallest absolute Gasteiger partial charge is 0.323 e. The van der Waals surface area contributed by atoms with Gasteiger partial charge in [0.2, 0.25) is 0 Å². The highest BCUT2D eigenvalue weighted by Crippen LogP contribution is 2.25. The summed E-state index contributed by atoms with van der Waals surface area (Å²) in [6, 6.07) is 27.3. The maximum atomic E-state index is 12.4. The number of benzene rings is 4. The summed E-state index contributed by atoms with van der Waals surface area (Å²) in [5.74, 6) is 2.41. The molecule has 2 amide bonds. The van der Waals surface area contributed by atoms with Gasteiger partial charge in [-0.3, -0.25) is 9.59 Å². The molecule has 0 saturated carbocycles. The van der Waals surface area contributed by atoms with E-state index in [4.69, 9.17) is 9.47 Å². The number of rotatable bonds is 8. The SMILES string of the molecule is CC(=O)c1ccc(Oc2ccc(NC(=O)Nc3ccc(Oc4ccc(C(C)=O)cc4)cc3)cc2)cc1. The molecule has 0 aliphatic rings. The maximum absolute atomic E-state index is 12.4. The Morgan fingerprint density at radius 1 is 0.472 bits per heavy atom. The van der Waals surface area contributed by atoms with E-state index >= 15 is 0 Å². The summed E-state index contributed by atoms with van der Waals surface area (Å²) in [6.07, 6.45) is 0. The van der Waals surface area contributed by atoms with Gasteiger partial charge in [0.05, 0.1) is 0 Å². The van der Waals surface area contributed by atoms with Crippen molar-refractivity contribution < 1.29 is 23.9 Å². The Labute approximate surface area is 208 Å². The quantitative estimate of drug-likeness (QED) is 0.258. The number of urea groups is 1. The fourth-order valence-corrected chi connectivity index (χ4v) is 3.29. The van der Waals surface area contributed by atoms with Crippen molar-refractivity contribution in [2.75, 3.05) is 10.6 Å². The van der Waals surface area contributed by atoms with Gasteiger partial charge in [-0.1, -0.05) is 0 Å². The number of carbonyl (C=O) groups excluding carboxylic acids is 3. The fraction of sp³-hybridized carbons (Fsp3) is 0.0690. The van der Waals surface area contributed by atoms with Crippen molar-refractivity contribution in [2.45, 2.75) is 13.8 Å². The number of hydrogen-bond acceptors (Lipinski definition) is 5. The molecule has 7 heteroatoms. The number of Topliss-reactive ketones (excluding diaryl/α,β-unsaturated/α-hetero) is 2. The molecule has 0 saturated heterocycles. The predicted molar refractivity (Wildman–Crippen MR) is 139 cm³/mol. The first-order chi connectivity index (χ1) is 17.4. The molecule has 0 radical (unpaired) electrons. The van der Waals surface area contributed by atoms with E-state index in [1.54, 1.807) is 97.1 Å². The highest BCUT2D eigenvalue weighted by Gasteiger charge is 2.06. The lowest BCUT2D eigenvalue weighted by molar-refractivity contribution is 0.100. The molecule has 0 spiro atoms. The predicted octanol–water partition coefficient (Wildman–Crippen LogP) is 7.32. The van der Waals surface area contributed by atoms with Crippen LogP contribution in [0.15, 0.2) is 97.1 Å². The lowest BCUT2D eigenvalue weighted by atomic mass is 10.1. The van der Waals surface area contributed by atoms with Crippen molar-refractivity contribution in [3.8, 4) is 23.0 Å². The van der Waals surface area contributed by atoms with E-state index < -0.39 is 6.03 Å². The topological polar surface area (TPSA) is 93.7 Å². The molecule has 36 heavy (non-hydrogen) atoms. The van der Waals surface area contributed by atoms with Crippen LogP contribution in [0.25, 0.3) is 0 Å². The van der Waals surface area contributed by atoms with Crippen molar-refractivity contribution in [3.63, 3.8) is 0 Å². The number of carbonyl (C=O) groups is 3. The molecule has 0 fully saturated rings. The molecule has 2 N–H and O–H groups in total. The van der Waals surface area contributed by atoms with E-state index in [1.807, 2.05) is 0 Å². The van der Waals surface area contributed by atoms with Gasteiger partial charge < -0.3 is 20.1 Å². The Morgan fingerprint density at radius 3 is 1.03 bits per heavy atom. The molecule has 4 aromatic rings. The minimum atomic E-state index is -0.392. The zero-order valence-corrected chi connectivity index (χ0v) is 19.8. The first kappa shape index (κ1) is 24.2. The molecule has 0 unspecified atom stereocenters. The Kier molecular flexibility index (Phi) is 7.41. The van der Waals surface area contributed by atoms with Gasteiger partial charge >= 0.3 is 6.03 Å². The van der Waals surface area contributed by atoms with Crippen LogP contribution < -0.4 is 20.1 Å². The van der Waals surface area contributed by atoms with Crippen LogP contribution >= 0.6 is 0 Å². The third-order valence-corrected chi connectivity index (χ3v) is 5.22. The molecular weight excluding hydrogens is 456 g/mol. The van der Waals surface area contributed by atoms with Crippen LogP contribution in [0.5, 0.6) is 23.0 Å². The van der Waals surface area contributed by atoms with Gasteiger partial charge in [0.15, 0.2) is 11.6 Å². The van der Waals surface area contributed by atoms with Crippen LogP contribution in [-0.2, 0) is 0 Å². The van der Waals surface area contributed by atoms with Crippen LogP contribution in [-0.4, -0.2) is 17.6 Å². The van der Waals surface area contributed by atoms with E-state index in [0.29, 0.717) is 45.5 Å².